The predicted octanol–water partition coefficient (Wildman–Crippen LogP) is 3.96. The van der Waals surface area contributed by atoms with Crippen LogP contribution in [-0.4, -0.2) is 47.0 Å². The predicted molar refractivity (Wildman–Crippen MR) is 101 cm³/mol. The minimum Gasteiger partial charge on any atom is -0.300 e. The van der Waals surface area contributed by atoms with Gasteiger partial charge in [0.25, 0.3) is 0 Å². The molecule has 2 rings (SSSR count). The van der Waals surface area contributed by atoms with E-state index in [9.17, 15) is 0 Å². The van der Waals surface area contributed by atoms with Crippen LogP contribution < -0.4 is 0 Å². The third-order valence-corrected chi connectivity index (χ3v) is 4.46. The molecule has 0 amide bonds. The molecular weight excluding hydrogens is 420 g/mol. The van der Waals surface area contributed by atoms with Crippen LogP contribution in [0.15, 0.2) is 45.6 Å². The maximum Gasteiger partial charge on any atom is 0.0544 e. The fraction of sp³-hybridized carbons (Fsp3) is 0.412. The number of aromatic nitrogens is 2. The zero-order chi connectivity index (χ0) is 16.7. The second kappa shape index (κ2) is 9.47. The molecule has 23 heavy (non-hydrogen) atoms. The van der Waals surface area contributed by atoms with Crippen LogP contribution in [0.4, 0.5) is 0 Å². The molecule has 4 nitrogen and oxygen atoms in total. The number of halogens is 2. The van der Waals surface area contributed by atoms with Crippen molar-refractivity contribution >= 4 is 31.9 Å². The lowest BCUT2D eigenvalue weighted by atomic mass is 10.3. The van der Waals surface area contributed by atoms with Crippen molar-refractivity contribution < 1.29 is 0 Å². The molecule has 0 unspecified atom stereocenters. The van der Waals surface area contributed by atoms with Crippen LogP contribution in [0.5, 0.6) is 0 Å². The van der Waals surface area contributed by atoms with Crippen molar-refractivity contribution in [3.05, 3.63) is 57.0 Å². The minimum atomic E-state index is 0.880. The summed E-state index contributed by atoms with van der Waals surface area (Å²) < 4.78 is 2.04. The summed E-state index contributed by atoms with van der Waals surface area (Å²) in [5.41, 5.74) is 2.20. The van der Waals surface area contributed by atoms with E-state index in [1.165, 1.54) is 0 Å². The molecular formula is C17H22Br2N4. The van der Waals surface area contributed by atoms with E-state index in [0.29, 0.717) is 0 Å². The summed E-state index contributed by atoms with van der Waals surface area (Å²) in [6.07, 6.45) is 4.82. The third-order valence-electron chi connectivity index (χ3n) is 3.52. The van der Waals surface area contributed by atoms with E-state index in [0.717, 1.165) is 52.9 Å². The van der Waals surface area contributed by atoms with E-state index < -0.39 is 0 Å². The lowest BCUT2D eigenvalue weighted by molar-refractivity contribution is 0.267. The number of nitrogens with zero attached hydrogens (tertiary/aromatic N) is 4. The summed E-state index contributed by atoms with van der Waals surface area (Å²) >= 11 is 6.82. The summed E-state index contributed by atoms with van der Waals surface area (Å²) in [4.78, 5) is 13.4. The molecule has 0 saturated carbocycles. The van der Waals surface area contributed by atoms with Gasteiger partial charge in [-0.05, 0) is 89.7 Å². The summed E-state index contributed by atoms with van der Waals surface area (Å²) in [5, 5.41) is 0. The molecule has 0 aliphatic carbocycles. The highest BCUT2D eigenvalue weighted by Gasteiger charge is 2.05. The normalized spacial score (nSPS) is 11.4. The fourth-order valence-corrected chi connectivity index (χ4v) is 2.79. The van der Waals surface area contributed by atoms with Crippen molar-refractivity contribution in [2.45, 2.75) is 19.5 Å². The Hall–Kier alpha value is -0.820. The molecule has 0 aromatic carbocycles. The SMILES string of the molecule is CN(CCCN(C)Cc1ccc(Br)cn1)Cc1ccc(Br)cn1. The van der Waals surface area contributed by atoms with Gasteiger partial charge in [-0.25, -0.2) is 0 Å². The summed E-state index contributed by atoms with van der Waals surface area (Å²) in [5.74, 6) is 0. The molecule has 0 N–H and O–H groups in total. The van der Waals surface area contributed by atoms with Gasteiger partial charge in [0, 0.05) is 34.4 Å². The van der Waals surface area contributed by atoms with Crippen molar-refractivity contribution in [3.8, 4) is 0 Å². The van der Waals surface area contributed by atoms with Gasteiger partial charge in [-0.3, -0.25) is 9.97 Å². The fourth-order valence-electron chi connectivity index (χ4n) is 2.32. The van der Waals surface area contributed by atoms with Crippen LogP contribution >= 0.6 is 31.9 Å². The Morgan fingerprint density at radius 2 is 1.22 bits per heavy atom. The molecule has 0 saturated heterocycles. The molecule has 0 aliphatic rings. The smallest absolute Gasteiger partial charge is 0.0544 e. The van der Waals surface area contributed by atoms with Gasteiger partial charge < -0.3 is 9.80 Å². The Morgan fingerprint density at radius 3 is 1.57 bits per heavy atom. The molecule has 0 radical (unpaired) electrons. The van der Waals surface area contributed by atoms with Gasteiger partial charge in [0.15, 0.2) is 0 Å². The first-order valence-electron chi connectivity index (χ1n) is 7.61. The third kappa shape index (κ3) is 7.08. The maximum absolute atomic E-state index is 4.41. The molecule has 124 valence electrons. The summed E-state index contributed by atoms with van der Waals surface area (Å²) in [6, 6.07) is 8.20. The van der Waals surface area contributed by atoms with Crippen molar-refractivity contribution in [2.75, 3.05) is 27.2 Å². The average Bonchev–Trinajstić information content (AvgIpc) is 2.52. The second-order valence-electron chi connectivity index (χ2n) is 5.76. The molecule has 0 fully saturated rings. The van der Waals surface area contributed by atoms with E-state index >= 15 is 0 Å². The Labute approximate surface area is 155 Å². The molecule has 0 spiro atoms. The van der Waals surface area contributed by atoms with Gasteiger partial charge in [0.05, 0.1) is 11.4 Å². The molecule has 0 bridgehead atoms. The summed E-state index contributed by atoms with van der Waals surface area (Å²) in [6.45, 7) is 3.86. The van der Waals surface area contributed by atoms with E-state index in [2.05, 4.69) is 77.9 Å². The number of rotatable bonds is 8. The van der Waals surface area contributed by atoms with E-state index in [-0.39, 0.29) is 0 Å². The first-order chi connectivity index (χ1) is 11.0. The Kier molecular flexibility index (Phi) is 7.62. The van der Waals surface area contributed by atoms with Gasteiger partial charge in [-0.2, -0.15) is 0 Å². The minimum absolute atomic E-state index is 0.880. The van der Waals surface area contributed by atoms with Crippen LogP contribution in [0, 0.1) is 0 Å². The van der Waals surface area contributed by atoms with E-state index in [4.69, 9.17) is 0 Å². The lowest BCUT2D eigenvalue weighted by Gasteiger charge is -2.20. The molecule has 2 aromatic rings. The highest BCUT2D eigenvalue weighted by atomic mass is 79.9. The number of hydrogen-bond acceptors (Lipinski definition) is 4. The van der Waals surface area contributed by atoms with Gasteiger partial charge in [-0.15, -0.1) is 0 Å². The summed E-state index contributed by atoms with van der Waals surface area (Å²) in [7, 11) is 4.28. The topological polar surface area (TPSA) is 32.3 Å². The highest BCUT2D eigenvalue weighted by molar-refractivity contribution is 9.10. The first kappa shape index (κ1) is 18.5. The molecule has 2 aromatic heterocycles. The second-order valence-corrected chi connectivity index (χ2v) is 7.60. The van der Waals surface area contributed by atoms with Gasteiger partial charge in [0.2, 0.25) is 0 Å². The maximum atomic E-state index is 4.41. The van der Waals surface area contributed by atoms with Crippen molar-refractivity contribution in [1.29, 1.82) is 0 Å². The molecule has 2 heterocycles. The van der Waals surface area contributed by atoms with Crippen LogP contribution in [-0.2, 0) is 13.1 Å². The number of pyridine rings is 2. The van der Waals surface area contributed by atoms with Gasteiger partial charge >= 0.3 is 0 Å². The zero-order valence-corrected chi connectivity index (χ0v) is 16.7. The molecule has 6 heteroatoms. The molecule has 0 aliphatic heterocycles. The quantitative estimate of drug-likeness (QED) is 0.620. The van der Waals surface area contributed by atoms with E-state index in [1.54, 1.807) is 0 Å². The largest absolute Gasteiger partial charge is 0.300 e. The van der Waals surface area contributed by atoms with Gasteiger partial charge in [0.1, 0.15) is 0 Å². The Balaban J connectivity index is 1.67. The van der Waals surface area contributed by atoms with Crippen molar-refractivity contribution in [3.63, 3.8) is 0 Å². The van der Waals surface area contributed by atoms with Crippen LogP contribution in [0.1, 0.15) is 17.8 Å². The van der Waals surface area contributed by atoms with Crippen molar-refractivity contribution in [2.24, 2.45) is 0 Å². The van der Waals surface area contributed by atoms with Crippen molar-refractivity contribution in [1.82, 2.24) is 19.8 Å². The van der Waals surface area contributed by atoms with Crippen LogP contribution in [0.25, 0.3) is 0 Å². The number of hydrogen-bond donors (Lipinski definition) is 0. The first-order valence-corrected chi connectivity index (χ1v) is 9.19. The van der Waals surface area contributed by atoms with Gasteiger partial charge in [-0.1, -0.05) is 0 Å². The molecule has 0 atom stereocenters. The Morgan fingerprint density at radius 1 is 0.783 bits per heavy atom. The van der Waals surface area contributed by atoms with Crippen LogP contribution in [0.2, 0.25) is 0 Å². The Bertz CT molecular complexity index is 533. The standard InChI is InChI=1S/C17H22Br2N4/c1-22(12-16-6-4-14(18)10-20-16)8-3-9-23(2)13-17-7-5-15(19)11-21-17/h4-7,10-11H,3,8-9,12-13H2,1-2H3. The monoisotopic (exact) mass is 440 g/mol. The van der Waals surface area contributed by atoms with E-state index in [1.807, 2.05) is 24.5 Å². The average molecular weight is 442 g/mol. The zero-order valence-electron chi connectivity index (χ0n) is 13.5. The highest BCUT2D eigenvalue weighted by Crippen LogP contribution is 2.10. The van der Waals surface area contributed by atoms with Crippen LogP contribution in [0.3, 0.4) is 0 Å². The lowest BCUT2D eigenvalue weighted by Crippen LogP contribution is -2.25.